The molecule has 2 heteroatoms. The van der Waals surface area contributed by atoms with E-state index in [0.29, 0.717) is 6.61 Å². The molecule has 0 saturated heterocycles. The molecule has 0 aromatic heterocycles. The van der Waals surface area contributed by atoms with Gasteiger partial charge in [-0.1, -0.05) is 0 Å². The molecule has 0 aromatic carbocycles. The van der Waals surface area contributed by atoms with E-state index in [1.165, 1.54) is 6.08 Å². The van der Waals surface area contributed by atoms with Gasteiger partial charge in [0.15, 0.2) is 0 Å². The lowest BCUT2D eigenvalue weighted by Crippen LogP contribution is -1.97. The highest BCUT2D eigenvalue weighted by Gasteiger charge is 1.89. The predicted molar refractivity (Wildman–Crippen MR) is 52.0 cm³/mol. The summed E-state index contributed by atoms with van der Waals surface area (Å²) < 4.78 is 4.66. The molecule has 0 amide bonds. The normalized spacial score (nSPS) is 8.00. The topological polar surface area (TPSA) is 26.3 Å². The van der Waals surface area contributed by atoms with Crippen LogP contribution in [0, 0.1) is 12.3 Å². The minimum atomic E-state index is -0.351. The number of carbonyl (C=O) groups excluding carboxylic acids is 1. The summed E-state index contributed by atoms with van der Waals surface area (Å²) in [5.41, 5.74) is 2.74. The molecule has 0 aliphatic heterocycles. The minimum Gasteiger partial charge on any atom is -0.462 e. The highest BCUT2D eigenvalue weighted by Crippen LogP contribution is 1.93. The first-order valence-electron chi connectivity index (χ1n) is 4.32. The molecule has 70 valence electrons. The highest BCUT2D eigenvalue weighted by atomic mass is 16.5. The first kappa shape index (κ1) is 11.6. The lowest BCUT2D eigenvalue weighted by molar-refractivity contribution is -0.137. The third kappa shape index (κ3) is 8.46. The minimum absolute atomic E-state index is 0.351. The quantitative estimate of drug-likeness (QED) is 0.212. The van der Waals surface area contributed by atoms with Gasteiger partial charge in [-0.25, -0.2) is 4.79 Å². The first-order valence-corrected chi connectivity index (χ1v) is 4.32. The van der Waals surface area contributed by atoms with E-state index in [9.17, 15) is 4.79 Å². The lowest BCUT2D eigenvalue weighted by Gasteiger charge is -1.91. The number of hydrogen-bond donors (Lipinski definition) is 0. The van der Waals surface area contributed by atoms with E-state index < -0.39 is 0 Å². The molecule has 2 nitrogen and oxygen atoms in total. The number of carbonyl (C=O) groups is 1. The molecular formula is C11H14O2. The van der Waals surface area contributed by atoms with Crippen LogP contribution >= 0.6 is 0 Å². The van der Waals surface area contributed by atoms with Gasteiger partial charge in [0.25, 0.3) is 0 Å². The van der Waals surface area contributed by atoms with Crippen LogP contribution in [-0.4, -0.2) is 12.6 Å². The van der Waals surface area contributed by atoms with Crippen LogP contribution < -0.4 is 0 Å². The first-order chi connectivity index (χ1) is 6.31. The largest absolute Gasteiger partial charge is 0.462 e. The van der Waals surface area contributed by atoms with Crippen LogP contribution in [0.3, 0.4) is 0 Å². The molecule has 0 bridgehead atoms. The van der Waals surface area contributed by atoms with E-state index in [0.717, 1.165) is 19.3 Å². The average Bonchev–Trinajstić information content (AvgIpc) is 2.11. The summed E-state index contributed by atoms with van der Waals surface area (Å²) >= 11 is 0. The van der Waals surface area contributed by atoms with E-state index >= 15 is 0 Å². The maximum Gasteiger partial charge on any atom is 0.338 e. The molecule has 0 aliphatic rings. The molecule has 0 N–H and O–H groups in total. The molecular weight excluding hydrogens is 164 g/mol. The SMILES string of the molecule is C#CCCCC=C=CC(=O)OCC. The third-order valence-electron chi connectivity index (χ3n) is 1.28. The van der Waals surface area contributed by atoms with Crippen LogP contribution in [0.15, 0.2) is 17.9 Å². The van der Waals surface area contributed by atoms with Gasteiger partial charge in [-0.3, -0.25) is 0 Å². The maximum atomic E-state index is 10.7. The third-order valence-corrected chi connectivity index (χ3v) is 1.28. The second kappa shape index (κ2) is 8.64. The van der Waals surface area contributed by atoms with Crippen LogP contribution in [0.5, 0.6) is 0 Å². The Morgan fingerprint density at radius 1 is 1.62 bits per heavy atom. The van der Waals surface area contributed by atoms with Crippen LogP contribution in [0.1, 0.15) is 26.2 Å². The molecule has 0 aliphatic carbocycles. The van der Waals surface area contributed by atoms with Crippen LogP contribution in [0.2, 0.25) is 0 Å². The van der Waals surface area contributed by atoms with E-state index in [4.69, 9.17) is 6.42 Å². The smallest absolute Gasteiger partial charge is 0.338 e. The van der Waals surface area contributed by atoms with Gasteiger partial charge < -0.3 is 4.74 Å². The van der Waals surface area contributed by atoms with E-state index in [1.807, 2.05) is 0 Å². The van der Waals surface area contributed by atoms with Crippen molar-refractivity contribution in [2.75, 3.05) is 6.61 Å². The predicted octanol–water partition coefficient (Wildman–Crippen LogP) is 2.06. The fraction of sp³-hybridized carbons (Fsp3) is 0.455. The van der Waals surface area contributed by atoms with E-state index in [-0.39, 0.29) is 5.97 Å². The Morgan fingerprint density at radius 3 is 3.00 bits per heavy atom. The van der Waals surface area contributed by atoms with Gasteiger partial charge in [0, 0.05) is 6.42 Å². The summed E-state index contributed by atoms with van der Waals surface area (Å²) in [7, 11) is 0. The molecule has 13 heavy (non-hydrogen) atoms. The van der Waals surface area contributed by atoms with Crippen molar-refractivity contribution in [1.82, 2.24) is 0 Å². The Kier molecular flexibility index (Phi) is 7.68. The van der Waals surface area contributed by atoms with Crippen molar-refractivity contribution in [2.45, 2.75) is 26.2 Å². The highest BCUT2D eigenvalue weighted by molar-refractivity contribution is 5.81. The van der Waals surface area contributed by atoms with Crippen molar-refractivity contribution in [3.05, 3.63) is 17.9 Å². The second-order valence-electron chi connectivity index (χ2n) is 2.36. The fourth-order valence-electron chi connectivity index (χ4n) is 0.700. The van der Waals surface area contributed by atoms with E-state index in [2.05, 4.69) is 16.4 Å². The summed E-state index contributed by atoms with van der Waals surface area (Å²) in [6, 6.07) is 0. The Labute approximate surface area is 79.3 Å². The number of unbranched alkanes of at least 4 members (excludes halogenated alkanes) is 2. The Hall–Kier alpha value is -1.45. The number of rotatable bonds is 5. The summed E-state index contributed by atoms with van der Waals surface area (Å²) in [4.78, 5) is 10.7. The molecule has 0 saturated carbocycles. The van der Waals surface area contributed by atoms with Gasteiger partial charge in [-0.15, -0.1) is 18.1 Å². The molecule has 0 atom stereocenters. The van der Waals surface area contributed by atoms with Gasteiger partial charge in [0.1, 0.15) is 0 Å². The Bertz CT molecular complexity index is 239. The maximum absolute atomic E-state index is 10.7. The van der Waals surface area contributed by atoms with E-state index in [1.54, 1.807) is 13.0 Å². The lowest BCUT2D eigenvalue weighted by atomic mass is 10.2. The monoisotopic (exact) mass is 178 g/mol. The standard InChI is InChI=1S/C11H14O2/c1-3-5-6-7-8-9-10-11(12)13-4-2/h1,8,10H,4-7H2,2H3. The van der Waals surface area contributed by atoms with Crippen molar-refractivity contribution < 1.29 is 9.53 Å². The van der Waals surface area contributed by atoms with Gasteiger partial charge in [0.05, 0.1) is 12.7 Å². The zero-order valence-corrected chi connectivity index (χ0v) is 7.88. The summed E-state index contributed by atoms with van der Waals surface area (Å²) in [5.74, 6) is 2.19. The molecule has 0 rings (SSSR count). The van der Waals surface area contributed by atoms with Crippen molar-refractivity contribution >= 4 is 5.97 Å². The van der Waals surface area contributed by atoms with Gasteiger partial charge >= 0.3 is 5.97 Å². The molecule has 0 spiro atoms. The number of terminal acetylenes is 1. The zero-order valence-electron chi connectivity index (χ0n) is 7.88. The second-order valence-corrected chi connectivity index (χ2v) is 2.36. The Balaban J connectivity index is 3.59. The average molecular weight is 178 g/mol. The Morgan fingerprint density at radius 2 is 2.38 bits per heavy atom. The molecule has 0 heterocycles. The van der Waals surface area contributed by atoms with Gasteiger partial charge in [0.2, 0.25) is 0 Å². The van der Waals surface area contributed by atoms with Crippen molar-refractivity contribution in [3.63, 3.8) is 0 Å². The number of hydrogen-bond acceptors (Lipinski definition) is 2. The van der Waals surface area contributed by atoms with Crippen LogP contribution in [-0.2, 0) is 9.53 Å². The summed E-state index contributed by atoms with van der Waals surface area (Å²) in [6.07, 6.45) is 10.7. The number of ether oxygens (including phenoxy) is 1. The molecule has 0 unspecified atom stereocenters. The molecule has 0 aromatic rings. The van der Waals surface area contributed by atoms with Crippen molar-refractivity contribution in [3.8, 4) is 12.3 Å². The molecule has 0 fully saturated rings. The van der Waals surface area contributed by atoms with Crippen LogP contribution in [0.4, 0.5) is 0 Å². The van der Waals surface area contributed by atoms with Gasteiger partial charge in [-0.05, 0) is 25.8 Å². The summed E-state index contributed by atoms with van der Waals surface area (Å²) in [6.45, 7) is 2.16. The zero-order chi connectivity index (χ0) is 9.94. The molecule has 0 radical (unpaired) electrons. The van der Waals surface area contributed by atoms with Crippen LogP contribution in [0.25, 0.3) is 0 Å². The number of esters is 1. The fourth-order valence-corrected chi connectivity index (χ4v) is 0.700. The summed E-state index contributed by atoms with van der Waals surface area (Å²) in [5, 5.41) is 0. The van der Waals surface area contributed by atoms with Crippen molar-refractivity contribution in [1.29, 1.82) is 0 Å². The van der Waals surface area contributed by atoms with Gasteiger partial charge in [-0.2, -0.15) is 0 Å². The van der Waals surface area contributed by atoms with Crippen molar-refractivity contribution in [2.24, 2.45) is 0 Å².